The minimum Gasteiger partial charge on any atom is -0.274 e. The average molecular weight is 363 g/mol. The lowest BCUT2D eigenvalue weighted by Gasteiger charge is -2.22. The second-order valence-electron chi connectivity index (χ2n) is 6.97. The lowest BCUT2D eigenvalue weighted by Crippen LogP contribution is -2.35. The quantitative estimate of drug-likeness (QED) is 0.373. The summed E-state index contributed by atoms with van der Waals surface area (Å²) >= 11 is 0. The molecule has 0 saturated heterocycles. The van der Waals surface area contributed by atoms with Crippen molar-refractivity contribution < 1.29 is 9.59 Å². The Kier molecular flexibility index (Phi) is 3.63. The van der Waals surface area contributed by atoms with E-state index in [2.05, 4.69) is 30.3 Å². The van der Waals surface area contributed by atoms with Gasteiger partial charge in [-0.1, -0.05) is 66.7 Å². The fourth-order valence-corrected chi connectivity index (χ4v) is 4.05. The summed E-state index contributed by atoms with van der Waals surface area (Å²) < 4.78 is 0. The van der Waals surface area contributed by atoms with Crippen molar-refractivity contribution in [3.05, 3.63) is 90.5 Å². The lowest BCUT2D eigenvalue weighted by atomic mass is 9.93. The molecule has 0 aliphatic rings. The SMILES string of the molecule is CC(=O)N(C(=O)c1ccccc1)c1ccc2ccc3cccc4ccc1c2c34. The molecule has 134 valence electrons. The second-order valence-corrected chi connectivity index (χ2v) is 6.97. The predicted molar refractivity (Wildman–Crippen MR) is 114 cm³/mol. The van der Waals surface area contributed by atoms with Gasteiger partial charge in [-0.2, -0.15) is 0 Å². The Balaban J connectivity index is 1.82. The van der Waals surface area contributed by atoms with E-state index in [1.54, 1.807) is 24.3 Å². The van der Waals surface area contributed by atoms with Gasteiger partial charge in [-0.05, 0) is 45.1 Å². The highest BCUT2D eigenvalue weighted by Gasteiger charge is 2.24. The Bertz CT molecular complexity index is 1340. The Morgan fingerprint density at radius 1 is 0.643 bits per heavy atom. The summed E-state index contributed by atoms with van der Waals surface area (Å²) in [4.78, 5) is 27.0. The van der Waals surface area contributed by atoms with E-state index in [1.807, 2.05) is 30.3 Å². The van der Waals surface area contributed by atoms with Crippen LogP contribution in [-0.4, -0.2) is 11.8 Å². The molecule has 0 fully saturated rings. The molecule has 0 N–H and O–H groups in total. The van der Waals surface area contributed by atoms with Crippen molar-refractivity contribution in [1.82, 2.24) is 0 Å². The minimum absolute atomic E-state index is 0.302. The number of anilines is 1. The van der Waals surface area contributed by atoms with Crippen molar-refractivity contribution in [3.8, 4) is 0 Å². The van der Waals surface area contributed by atoms with Crippen molar-refractivity contribution in [2.75, 3.05) is 4.90 Å². The van der Waals surface area contributed by atoms with Crippen LogP contribution in [0.5, 0.6) is 0 Å². The molecular weight excluding hydrogens is 346 g/mol. The predicted octanol–water partition coefficient (Wildman–Crippen LogP) is 5.78. The number of carbonyl (C=O) groups excluding carboxylic acids is 2. The summed E-state index contributed by atoms with van der Waals surface area (Å²) in [6, 6.07) is 27.3. The van der Waals surface area contributed by atoms with E-state index in [-0.39, 0.29) is 11.8 Å². The first-order chi connectivity index (χ1) is 13.6. The monoisotopic (exact) mass is 363 g/mol. The van der Waals surface area contributed by atoms with Gasteiger partial charge in [-0.3, -0.25) is 9.59 Å². The molecule has 0 aromatic heterocycles. The zero-order valence-corrected chi connectivity index (χ0v) is 15.3. The molecule has 0 unspecified atom stereocenters. The van der Waals surface area contributed by atoms with Crippen molar-refractivity contribution in [2.45, 2.75) is 6.92 Å². The van der Waals surface area contributed by atoms with Gasteiger partial charge in [0.25, 0.3) is 5.91 Å². The van der Waals surface area contributed by atoms with Crippen molar-refractivity contribution in [3.63, 3.8) is 0 Å². The van der Waals surface area contributed by atoms with Crippen LogP contribution in [0.1, 0.15) is 17.3 Å². The highest BCUT2D eigenvalue weighted by molar-refractivity contribution is 6.29. The molecule has 3 heteroatoms. The first-order valence-corrected chi connectivity index (χ1v) is 9.22. The number of hydrogen-bond acceptors (Lipinski definition) is 2. The molecule has 0 aliphatic heterocycles. The molecule has 28 heavy (non-hydrogen) atoms. The van der Waals surface area contributed by atoms with Crippen LogP contribution in [-0.2, 0) is 4.79 Å². The molecule has 3 nitrogen and oxygen atoms in total. The second kappa shape index (κ2) is 6.17. The molecule has 0 saturated carbocycles. The zero-order chi connectivity index (χ0) is 19.3. The minimum atomic E-state index is -0.317. The van der Waals surface area contributed by atoms with Crippen LogP contribution in [0.3, 0.4) is 0 Å². The molecule has 5 rings (SSSR count). The van der Waals surface area contributed by atoms with Gasteiger partial charge < -0.3 is 0 Å². The number of benzene rings is 5. The first kappa shape index (κ1) is 16.5. The van der Waals surface area contributed by atoms with Crippen molar-refractivity contribution >= 4 is 49.8 Å². The Hall–Kier alpha value is -3.72. The third-order valence-corrected chi connectivity index (χ3v) is 5.29. The topological polar surface area (TPSA) is 37.4 Å². The summed E-state index contributed by atoms with van der Waals surface area (Å²) in [6.07, 6.45) is 0. The molecule has 5 aromatic carbocycles. The molecule has 0 aliphatic carbocycles. The largest absolute Gasteiger partial charge is 0.274 e. The summed E-state index contributed by atoms with van der Waals surface area (Å²) in [5.41, 5.74) is 1.11. The third-order valence-electron chi connectivity index (χ3n) is 5.29. The highest BCUT2D eigenvalue weighted by atomic mass is 16.2. The summed E-state index contributed by atoms with van der Waals surface area (Å²) in [7, 11) is 0. The van der Waals surface area contributed by atoms with Gasteiger partial charge in [0.1, 0.15) is 0 Å². The zero-order valence-electron chi connectivity index (χ0n) is 15.3. The maximum Gasteiger partial charge on any atom is 0.265 e. The number of rotatable bonds is 2. The van der Waals surface area contributed by atoms with E-state index in [0.717, 1.165) is 32.3 Å². The lowest BCUT2D eigenvalue weighted by molar-refractivity contribution is -0.115. The molecule has 2 amide bonds. The van der Waals surface area contributed by atoms with E-state index < -0.39 is 0 Å². The Morgan fingerprint density at radius 3 is 1.93 bits per heavy atom. The van der Waals surface area contributed by atoms with E-state index in [0.29, 0.717) is 11.3 Å². The van der Waals surface area contributed by atoms with Gasteiger partial charge in [0, 0.05) is 17.9 Å². The van der Waals surface area contributed by atoms with Crippen molar-refractivity contribution in [1.29, 1.82) is 0 Å². The Labute approximate surface area is 162 Å². The summed E-state index contributed by atoms with van der Waals surface area (Å²) in [5, 5.41) is 6.54. The van der Waals surface area contributed by atoms with Gasteiger partial charge in [0.15, 0.2) is 0 Å². The van der Waals surface area contributed by atoms with Gasteiger partial charge >= 0.3 is 0 Å². The number of nitrogens with zero attached hydrogens (tertiary/aromatic N) is 1. The molecule has 5 aromatic rings. The van der Waals surface area contributed by atoms with Gasteiger partial charge in [-0.25, -0.2) is 4.90 Å². The van der Waals surface area contributed by atoms with Crippen LogP contribution in [0.25, 0.3) is 32.3 Å². The molecule has 0 spiro atoms. The smallest absolute Gasteiger partial charge is 0.265 e. The van der Waals surface area contributed by atoms with E-state index >= 15 is 0 Å². The van der Waals surface area contributed by atoms with Crippen LogP contribution < -0.4 is 4.90 Å². The number of imide groups is 1. The summed E-state index contributed by atoms with van der Waals surface area (Å²) in [6.45, 7) is 1.43. The van der Waals surface area contributed by atoms with E-state index in [9.17, 15) is 9.59 Å². The van der Waals surface area contributed by atoms with Crippen LogP contribution in [0.15, 0.2) is 84.9 Å². The average Bonchev–Trinajstić information content (AvgIpc) is 2.73. The van der Waals surface area contributed by atoms with Gasteiger partial charge in [0.05, 0.1) is 5.69 Å². The molecule has 0 radical (unpaired) electrons. The summed E-state index contributed by atoms with van der Waals surface area (Å²) in [5.74, 6) is -0.618. The highest BCUT2D eigenvalue weighted by Crippen LogP contribution is 2.39. The Morgan fingerprint density at radius 2 is 1.25 bits per heavy atom. The molecular formula is C25H17NO2. The normalized spacial score (nSPS) is 11.3. The maximum absolute atomic E-state index is 13.2. The fraction of sp³-hybridized carbons (Fsp3) is 0.0400. The van der Waals surface area contributed by atoms with Gasteiger partial charge in [-0.15, -0.1) is 0 Å². The molecule has 0 bridgehead atoms. The van der Waals surface area contributed by atoms with Crippen LogP contribution in [0.4, 0.5) is 5.69 Å². The maximum atomic E-state index is 13.2. The van der Waals surface area contributed by atoms with Crippen LogP contribution in [0.2, 0.25) is 0 Å². The van der Waals surface area contributed by atoms with Gasteiger partial charge in [0.2, 0.25) is 5.91 Å². The fourth-order valence-electron chi connectivity index (χ4n) is 4.05. The van der Waals surface area contributed by atoms with E-state index in [4.69, 9.17) is 0 Å². The number of amides is 2. The first-order valence-electron chi connectivity index (χ1n) is 9.22. The van der Waals surface area contributed by atoms with E-state index in [1.165, 1.54) is 11.8 Å². The van der Waals surface area contributed by atoms with Crippen molar-refractivity contribution in [2.24, 2.45) is 0 Å². The molecule has 0 atom stereocenters. The van der Waals surface area contributed by atoms with Crippen LogP contribution in [0, 0.1) is 0 Å². The third kappa shape index (κ3) is 2.37. The number of hydrogen-bond donors (Lipinski definition) is 0. The standard InChI is InChI=1S/C25H17NO2/c1-16(27)26(25(28)20-6-3-2-4-7-20)22-15-13-19-11-10-17-8-5-9-18-12-14-21(22)24(19)23(17)18/h2-15H,1H3. The molecule has 0 heterocycles. The number of carbonyl (C=O) groups is 2. The van der Waals surface area contributed by atoms with Crippen LogP contribution >= 0.6 is 0 Å².